The topological polar surface area (TPSA) is 52.2 Å². The molecule has 1 amide bonds. The molecule has 1 aromatic heterocycles. The average Bonchev–Trinajstić information content (AvgIpc) is 3.30. The summed E-state index contributed by atoms with van der Waals surface area (Å²) in [6, 6.07) is 27.5. The summed E-state index contributed by atoms with van der Waals surface area (Å²) in [5.74, 6) is 0.107. The monoisotopic (exact) mass is 472 g/mol. The molecular weight excluding hydrogens is 444 g/mol. The highest BCUT2D eigenvalue weighted by atomic mass is 35.5. The van der Waals surface area contributed by atoms with Crippen LogP contribution in [0.2, 0.25) is 0 Å². The molecule has 3 aromatic carbocycles. The second-order valence-corrected chi connectivity index (χ2v) is 8.66. The molecule has 0 unspecified atom stereocenters. The smallest absolute Gasteiger partial charge is 0.220 e. The molecule has 1 aliphatic heterocycles. The van der Waals surface area contributed by atoms with Crippen LogP contribution in [0.25, 0.3) is 11.1 Å². The van der Waals surface area contributed by atoms with Gasteiger partial charge in [-0.25, -0.2) is 4.98 Å². The first-order valence-corrected chi connectivity index (χ1v) is 11.4. The fourth-order valence-corrected chi connectivity index (χ4v) is 4.75. The largest absolute Gasteiger partial charge is 0.363 e. The molecule has 0 bridgehead atoms. The quantitative estimate of drug-likeness (QED) is 0.418. The number of aromatic amines is 1. The predicted octanol–water partition coefficient (Wildman–Crippen LogP) is 5.48. The molecule has 0 aliphatic carbocycles. The summed E-state index contributed by atoms with van der Waals surface area (Å²) in [5.41, 5.74) is 6.99. The average molecular weight is 473 g/mol. The number of rotatable bonds is 5. The van der Waals surface area contributed by atoms with Gasteiger partial charge in [0.1, 0.15) is 0 Å². The molecule has 174 valence electrons. The molecule has 0 radical (unpaired) electrons. The van der Waals surface area contributed by atoms with Crippen LogP contribution in [0, 0.1) is 0 Å². The fraction of sp³-hybridized carbons (Fsp3) is 0.214. The Morgan fingerprint density at radius 3 is 2.41 bits per heavy atom. The van der Waals surface area contributed by atoms with Gasteiger partial charge in [-0.1, -0.05) is 66.7 Å². The number of aromatic nitrogens is 2. The van der Waals surface area contributed by atoms with Crippen LogP contribution < -0.4 is 4.90 Å². The number of hydrogen-bond donors (Lipinski definition) is 1. The lowest BCUT2D eigenvalue weighted by atomic mass is 10.0. The summed E-state index contributed by atoms with van der Waals surface area (Å²) >= 11 is 0. The van der Waals surface area contributed by atoms with Crippen LogP contribution in [0.3, 0.4) is 0 Å². The van der Waals surface area contributed by atoms with E-state index in [2.05, 4.69) is 81.6 Å². The van der Waals surface area contributed by atoms with Crippen LogP contribution in [0.1, 0.15) is 23.7 Å². The van der Waals surface area contributed by atoms with E-state index in [1.807, 2.05) is 23.2 Å². The van der Waals surface area contributed by atoms with Crippen molar-refractivity contribution in [1.29, 1.82) is 0 Å². The molecule has 0 spiro atoms. The van der Waals surface area contributed by atoms with Gasteiger partial charge in [0.2, 0.25) is 5.91 Å². The summed E-state index contributed by atoms with van der Waals surface area (Å²) in [6.07, 6.45) is 4.41. The first-order valence-electron chi connectivity index (χ1n) is 11.4. The molecule has 1 aliphatic rings. The van der Waals surface area contributed by atoms with E-state index < -0.39 is 0 Å². The minimum Gasteiger partial charge on any atom is -0.363 e. The van der Waals surface area contributed by atoms with Gasteiger partial charge >= 0.3 is 0 Å². The number of carbonyl (C=O) groups is 1. The Morgan fingerprint density at radius 2 is 1.74 bits per heavy atom. The molecule has 0 fully saturated rings. The molecular formula is C28H29ClN4O. The van der Waals surface area contributed by atoms with Crippen LogP contribution >= 0.6 is 12.4 Å². The first kappa shape index (κ1) is 23.6. The van der Waals surface area contributed by atoms with Gasteiger partial charge in [0.15, 0.2) is 0 Å². The normalized spacial score (nSPS) is 15.3. The number of nitrogens with one attached hydrogen (secondary N) is 1. The maximum absolute atomic E-state index is 12.8. The zero-order valence-electron chi connectivity index (χ0n) is 19.2. The number of hydrogen-bond acceptors (Lipinski definition) is 3. The number of H-pyrrole nitrogens is 1. The number of carbonyl (C=O) groups excluding carboxylic acids is 1. The Hall–Kier alpha value is -3.57. The molecule has 4 aromatic rings. The van der Waals surface area contributed by atoms with Crippen molar-refractivity contribution in [3.8, 4) is 11.1 Å². The summed E-state index contributed by atoms with van der Waals surface area (Å²) in [5, 5.41) is 0. The lowest BCUT2D eigenvalue weighted by Crippen LogP contribution is -2.44. The number of benzene rings is 3. The van der Waals surface area contributed by atoms with Crippen molar-refractivity contribution in [1.82, 2.24) is 14.9 Å². The molecule has 5 rings (SSSR count). The van der Waals surface area contributed by atoms with Crippen LogP contribution in [0.4, 0.5) is 5.69 Å². The van der Waals surface area contributed by atoms with E-state index in [0.717, 1.165) is 18.7 Å². The van der Waals surface area contributed by atoms with Gasteiger partial charge in [0.25, 0.3) is 0 Å². The number of amides is 1. The van der Waals surface area contributed by atoms with E-state index in [9.17, 15) is 4.79 Å². The predicted molar refractivity (Wildman–Crippen MR) is 139 cm³/mol. The highest BCUT2D eigenvalue weighted by Crippen LogP contribution is 2.33. The van der Waals surface area contributed by atoms with Gasteiger partial charge in [-0.05, 0) is 40.8 Å². The Balaban J connectivity index is 0.00000274. The van der Waals surface area contributed by atoms with E-state index in [-0.39, 0.29) is 24.4 Å². The highest BCUT2D eigenvalue weighted by Gasteiger charge is 2.30. The molecule has 6 heteroatoms. The summed E-state index contributed by atoms with van der Waals surface area (Å²) in [6.45, 7) is 3.76. The van der Waals surface area contributed by atoms with Crippen molar-refractivity contribution in [2.75, 3.05) is 11.4 Å². The third-order valence-corrected chi connectivity index (χ3v) is 6.37. The van der Waals surface area contributed by atoms with Crippen molar-refractivity contribution >= 4 is 24.0 Å². The maximum Gasteiger partial charge on any atom is 0.220 e. The van der Waals surface area contributed by atoms with Crippen molar-refractivity contribution in [2.24, 2.45) is 0 Å². The van der Waals surface area contributed by atoms with Gasteiger partial charge in [0, 0.05) is 31.9 Å². The molecule has 2 heterocycles. The molecule has 0 saturated heterocycles. The zero-order valence-corrected chi connectivity index (χ0v) is 20.0. The standard InChI is InChI=1S/C28H28N4O.ClH/c1-21(33)32-17-25-15-24(23-10-6-3-7-11-23)12-13-28(25)31(18-26-16-29-20-30-26)19-27(32)14-22-8-4-2-5-9-22;/h2-13,15-16,20,27H,14,17-19H2,1H3,(H,29,30);1H/t27-;/m1./s1. The SMILES string of the molecule is CC(=O)N1Cc2cc(-c3ccccc3)ccc2N(Cc2cnc[nH]2)C[C@H]1Cc1ccccc1.Cl. The van der Waals surface area contributed by atoms with Crippen LogP contribution in [0.5, 0.6) is 0 Å². The van der Waals surface area contributed by atoms with Gasteiger partial charge in [0.05, 0.1) is 24.6 Å². The zero-order chi connectivity index (χ0) is 22.6. The number of nitrogens with zero attached hydrogens (tertiary/aromatic N) is 3. The molecule has 1 N–H and O–H groups in total. The van der Waals surface area contributed by atoms with Gasteiger partial charge < -0.3 is 14.8 Å². The Labute approximate surface area is 206 Å². The van der Waals surface area contributed by atoms with Crippen molar-refractivity contribution in [3.63, 3.8) is 0 Å². The second kappa shape index (κ2) is 10.6. The lowest BCUT2D eigenvalue weighted by molar-refractivity contribution is -0.131. The summed E-state index contributed by atoms with van der Waals surface area (Å²) < 4.78 is 0. The molecule has 0 saturated carbocycles. The van der Waals surface area contributed by atoms with Crippen LogP contribution in [-0.2, 0) is 24.3 Å². The van der Waals surface area contributed by atoms with Gasteiger partial charge in [-0.2, -0.15) is 0 Å². The van der Waals surface area contributed by atoms with Crippen molar-refractivity contribution in [2.45, 2.75) is 32.5 Å². The number of imidazole rings is 1. The number of anilines is 1. The van der Waals surface area contributed by atoms with E-state index in [1.54, 1.807) is 13.3 Å². The van der Waals surface area contributed by atoms with E-state index in [4.69, 9.17) is 0 Å². The minimum absolute atomic E-state index is 0. The number of fused-ring (bicyclic) bond motifs is 1. The third kappa shape index (κ3) is 5.15. The van der Waals surface area contributed by atoms with Gasteiger partial charge in [-0.3, -0.25) is 4.79 Å². The van der Waals surface area contributed by atoms with Crippen molar-refractivity contribution in [3.05, 3.63) is 108 Å². The molecule has 1 atom stereocenters. The number of halogens is 1. The van der Waals surface area contributed by atoms with Crippen LogP contribution in [0.15, 0.2) is 91.4 Å². The van der Waals surface area contributed by atoms with E-state index in [1.165, 1.54) is 27.9 Å². The Bertz CT molecular complexity index is 1210. The van der Waals surface area contributed by atoms with Crippen molar-refractivity contribution < 1.29 is 4.79 Å². The van der Waals surface area contributed by atoms with Crippen LogP contribution in [-0.4, -0.2) is 33.4 Å². The fourth-order valence-electron chi connectivity index (χ4n) is 4.75. The second-order valence-electron chi connectivity index (χ2n) is 8.66. The highest BCUT2D eigenvalue weighted by molar-refractivity contribution is 5.85. The van der Waals surface area contributed by atoms with E-state index >= 15 is 0 Å². The Kier molecular flexibility index (Phi) is 7.33. The maximum atomic E-state index is 12.8. The third-order valence-electron chi connectivity index (χ3n) is 6.37. The first-order chi connectivity index (χ1) is 16.2. The van der Waals surface area contributed by atoms with Gasteiger partial charge in [-0.15, -0.1) is 12.4 Å². The minimum atomic E-state index is 0. The van der Waals surface area contributed by atoms with E-state index in [0.29, 0.717) is 13.1 Å². The molecule has 5 nitrogen and oxygen atoms in total. The Morgan fingerprint density at radius 1 is 1.00 bits per heavy atom. The summed E-state index contributed by atoms with van der Waals surface area (Å²) in [4.78, 5) is 24.7. The lowest BCUT2D eigenvalue weighted by Gasteiger charge is -2.32. The summed E-state index contributed by atoms with van der Waals surface area (Å²) in [7, 11) is 0. The molecule has 34 heavy (non-hydrogen) atoms.